The van der Waals surface area contributed by atoms with Crippen LogP contribution in [0, 0.1) is 0 Å². The largest absolute Gasteiger partial charge is 0.459 e. The fourth-order valence-electron chi connectivity index (χ4n) is 3.18. The second-order valence-electron chi connectivity index (χ2n) is 6.57. The van der Waals surface area contributed by atoms with E-state index < -0.39 is 0 Å². The second kappa shape index (κ2) is 8.05. The number of hydrogen-bond acceptors (Lipinski definition) is 5. The van der Waals surface area contributed by atoms with Crippen LogP contribution in [-0.2, 0) is 0 Å². The third kappa shape index (κ3) is 4.06. The van der Waals surface area contributed by atoms with Crippen molar-refractivity contribution in [2.45, 2.75) is 0 Å². The molecule has 0 unspecified atom stereocenters. The predicted molar refractivity (Wildman–Crippen MR) is 104 cm³/mol. The average Bonchev–Trinajstić information content (AvgIpc) is 3.47. The topological polar surface area (TPSA) is 96.0 Å². The van der Waals surface area contributed by atoms with Gasteiger partial charge in [0, 0.05) is 37.4 Å². The highest BCUT2D eigenvalue weighted by Crippen LogP contribution is 2.16. The molecule has 1 aliphatic heterocycles. The summed E-state index contributed by atoms with van der Waals surface area (Å²) in [5.41, 5.74) is 0.969. The van der Waals surface area contributed by atoms with Crippen molar-refractivity contribution in [1.82, 2.24) is 9.80 Å². The maximum Gasteiger partial charge on any atom is 0.291 e. The number of carbonyl (C=O) groups excluding carboxylic acids is 3. The average molecular weight is 393 g/mol. The van der Waals surface area contributed by atoms with E-state index in [0.717, 1.165) is 0 Å². The highest BCUT2D eigenvalue weighted by molar-refractivity contribution is 6.03. The van der Waals surface area contributed by atoms with Gasteiger partial charge in [0.05, 0.1) is 12.5 Å². The molecule has 1 aromatic carbocycles. The van der Waals surface area contributed by atoms with Crippen molar-refractivity contribution in [2.24, 2.45) is 0 Å². The smallest absolute Gasteiger partial charge is 0.291 e. The summed E-state index contributed by atoms with van der Waals surface area (Å²) < 4.78 is 10.2. The minimum absolute atomic E-state index is 0.149. The number of nitrogens with zero attached hydrogens (tertiary/aromatic N) is 2. The Kier molecular flexibility index (Phi) is 5.15. The molecule has 29 heavy (non-hydrogen) atoms. The van der Waals surface area contributed by atoms with Crippen molar-refractivity contribution >= 4 is 23.4 Å². The van der Waals surface area contributed by atoms with Gasteiger partial charge in [-0.3, -0.25) is 14.4 Å². The van der Waals surface area contributed by atoms with Crippen LogP contribution in [0.3, 0.4) is 0 Å². The minimum Gasteiger partial charge on any atom is -0.459 e. The number of nitrogens with one attached hydrogen (secondary N) is 1. The van der Waals surface area contributed by atoms with Crippen molar-refractivity contribution in [2.75, 3.05) is 31.5 Å². The molecule has 1 aliphatic rings. The van der Waals surface area contributed by atoms with E-state index in [4.69, 9.17) is 8.83 Å². The molecule has 3 heterocycles. The quantitative estimate of drug-likeness (QED) is 0.735. The van der Waals surface area contributed by atoms with Crippen molar-refractivity contribution in [3.8, 4) is 0 Å². The van der Waals surface area contributed by atoms with Crippen LogP contribution >= 0.6 is 0 Å². The molecule has 148 valence electrons. The monoisotopic (exact) mass is 393 g/mol. The molecule has 1 saturated heterocycles. The van der Waals surface area contributed by atoms with Gasteiger partial charge in [-0.15, -0.1) is 0 Å². The molecule has 0 radical (unpaired) electrons. The van der Waals surface area contributed by atoms with E-state index in [9.17, 15) is 14.4 Å². The zero-order chi connectivity index (χ0) is 20.2. The number of benzene rings is 1. The molecule has 1 N–H and O–H groups in total. The maximum absolute atomic E-state index is 12.8. The standard InChI is InChI=1S/C21H19N3O5/c25-19(17-6-2-12-28-17)22-16-5-1-4-15(14-16)20(26)23-8-10-24(11-9-23)21(27)18-7-3-13-29-18/h1-7,12-14H,8-11H2,(H,22,25). The Balaban J connectivity index is 1.37. The number of furan rings is 2. The molecule has 0 saturated carbocycles. The first-order chi connectivity index (χ1) is 14.1. The van der Waals surface area contributed by atoms with E-state index in [0.29, 0.717) is 43.2 Å². The fraction of sp³-hybridized carbons (Fsp3) is 0.190. The lowest BCUT2D eigenvalue weighted by Crippen LogP contribution is -2.50. The predicted octanol–water partition coefficient (Wildman–Crippen LogP) is 2.72. The first-order valence-electron chi connectivity index (χ1n) is 9.19. The van der Waals surface area contributed by atoms with Gasteiger partial charge in [0.2, 0.25) is 0 Å². The number of carbonyl (C=O) groups is 3. The Morgan fingerprint density at radius 1 is 0.759 bits per heavy atom. The van der Waals surface area contributed by atoms with Crippen LogP contribution in [0.4, 0.5) is 5.69 Å². The van der Waals surface area contributed by atoms with Crippen LogP contribution in [0.1, 0.15) is 31.5 Å². The molecule has 8 heteroatoms. The van der Waals surface area contributed by atoms with Gasteiger partial charge in [-0.1, -0.05) is 6.07 Å². The summed E-state index contributed by atoms with van der Waals surface area (Å²) in [6, 6.07) is 13.2. The van der Waals surface area contributed by atoms with E-state index in [1.165, 1.54) is 12.5 Å². The number of hydrogen-bond donors (Lipinski definition) is 1. The first-order valence-corrected chi connectivity index (χ1v) is 9.19. The van der Waals surface area contributed by atoms with Gasteiger partial charge in [-0.2, -0.15) is 0 Å². The molecule has 0 aliphatic carbocycles. The van der Waals surface area contributed by atoms with Crippen LogP contribution in [0.2, 0.25) is 0 Å². The van der Waals surface area contributed by atoms with Crippen LogP contribution in [0.15, 0.2) is 69.9 Å². The molecule has 0 atom stereocenters. The van der Waals surface area contributed by atoms with Crippen LogP contribution in [-0.4, -0.2) is 53.7 Å². The molecule has 3 aromatic rings. The van der Waals surface area contributed by atoms with Gasteiger partial charge in [0.25, 0.3) is 17.7 Å². The Morgan fingerprint density at radius 2 is 1.38 bits per heavy atom. The Labute approximate surface area is 166 Å². The molecule has 0 spiro atoms. The third-order valence-electron chi connectivity index (χ3n) is 4.70. The highest BCUT2D eigenvalue weighted by atomic mass is 16.3. The van der Waals surface area contributed by atoms with Crippen LogP contribution < -0.4 is 5.32 Å². The van der Waals surface area contributed by atoms with Crippen molar-refractivity contribution in [3.63, 3.8) is 0 Å². The van der Waals surface area contributed by atoms with E-state index in [-0.39, 0.29) is 23.5 Å². The summed E-state index contributed by atoms with van der Waals surface area (Å²) in [4.78, 5) is 40.7. The molecule has 1 fully saturated rings. The van der Waals surface area contributed by atoms with Crippen molar-refractivity contribution in [1.29, 1.82) is 0 Å². The van der Waals surface area contributed by atoms with E-state index in [1.54, 1.807) is 58.3 Å². The van der Waals surface area contributed by atoms with Crippen molar-refractivity contribution < 1.29 is 23.2 Å². The molecule has 8 nitrogen and oxygen atoms in total. The molecular formula is C21H19N3O5. The summed E-state index contributed by atoms with van der Waals surface area (Å²) in [6.45, 7) is 1.71. The summed E-state index contributed by atoms with van der Waals surface area (Å²) in [6.07, 6.45) is 2.88. The van der Waals surface area contributed by atoms with E-state index >= 15 is 0 Å². The molecule has 3 amide bonds. The molecular weight excluding hydrogens is 374 g/mol. The SMILES string of the molecule is O=C(Nc1cccc(C(=O)N2CCN(C(=O)c3ccco3)CC2)c1)c1ccco1. The normalized spacial score (nSPS) is 13.9. The zero-order valence-corrected chi connectivity index (χ0v) is 15.5. The lowest BCUT2D eigenvalue weighted by molar-refractivity contribution is 0.0518. The lowest BCUT2D eigenvalue weighted by atomic mass is 10.1. The number of anilines is 1. The van der Waals surface area contributed by atoms with Gasteiger partial charge in [0.1, 0.15) is 0 Å². The van der Waals surface area contributed by atoms with Crippen LogP contribution in [0.5, 0.6) is 0 Å². The van der Waals surface area contributed by atoms with Gasteiger partial charge in [-0.25, -0.2) is 0 Å². The van der Waals surface area contributed by atoms with Gasteiger partial charge < -0.3 is 24.0 Å². The van der Waals surface area contributed by atoms with E-state index in [2.05, 4.69) is 5.32 Å². The summed E-state index contributed by atoms with van der Waals surface area (Å²) in [5.74, 6) is -0.220. The lowest BCUT2D eigenvalue weighted by Gasteiger charge is -2.34. The van der Waals surface area contributed by atoms with Crippen LogP contribution in [0.25, 0.3) is 0 Å². The molecule has 2 aromatic heterocycles. The summed E-state index contributed by atoms with van der Waals surface area (Å²) in [5, 5.41) is 2.71. The summed E-state index contributed by atoms with van der Waals surface area (Å²) in [7, 11) is 0. The van der Waals surface area contributed by atoms with E-state index in [1.807, 2.05) is 0 Å². The zero-order valence-electron chi connectivity index (χ0n) is 15.5. The molecule has 4 rings (SSSR count). The van der Waals surface area contributed by atoms with Crippen molar-refractivity contribution in [3.05, 3.63) is 78.1 Å². The van der Waals surface area contributed by atoms with Gasteiger partial charge >= 0.3 is 0 Å². The van der Waals surface area contributed by atoms with Gasteiger partial charge in [0.15, 0.2) is 11.5 Å². The first kappa shape index (κ1) is 18.5. The Bertz CT molecular complexity index is 1000. The maximum atomic E-state index is 12.8. The third-order valence-corrected chi connectivity index (χ3v) is 4.70. The number of piperazine rings is 1. The Morgan fingerprint density at radius 3 is 2.00 bits per heavy atom. The number of rotatable bonds is 4. The molecule has 0 bridgehead atoms. The fourth-order valence-corrected chi connectivity index (χ4v) is 3.18. The number of amides is 3. The minimum atomic E-state index is -0.385. The van der Waals surface area contributed by atoms with Gasteiger partial charge in [-0.05, 0) is 42.5 Å². The second-order valence-corrected chi connectivity index (χ2v) is 6.57. The summed E-state index contributed by atoms with van der Waals surface area (Å²) >= 11 is 0. The highest BCUT2D eigenvalue weighted by Gasteiger charge is 2.26. The Hall–Kier alpha value is -3.81.